The van der Waals surface area contributed by atoms with Gasteiger partial charge in [-0.2, -0.15) is 4.31 Å². The number of aliphatic carboxylic acids is 1. The number of carboxylic acid groups (broad SMARTS) is 1. The molecule has 1 aliphatic rings. The topological polar surface area (TPSA) is 105 Å². The van der Waals surface area contributed by atoms with Crippen LogP contribution in [0, 0.1) is 0 Å². The van der Waals surface area contributed by atoms with Crippen molar-refractivity contribution in [2.45, 2.75) is 36.8 Å². The molecule has 1 unspecified atom stereocenters. The molecule has 0 radical (unpaired) electrons. The van der Waals surface area contributed by atoms with E-state index in [1.165, 1.54) is 7.05 Å². The lowest BCUT2D eigenvalue weighted by atomic mass is 9.95. The van der Waals surface area contributed by atoms with Gasteiger partial charge < -0.3 is 5.11 Å². The number of hydrogen-bond donors (Lipinski definition) is 1. The third-order valence-electron chi connectivity index (χ3n) is 3.68. The smallest absolute Gasteiger partial charge is 0.325 e. The minimum absolute atomic E-state index is 0.0855. The van der Waals surface area contributed by atoms with Crippen LogP contribution in [0.1, 0.15) is 26.2 Å². The van der Waals surface area contributed by atoms with Crippen molar-refractivity contribution in [3.8, 4) is 0 Å². The molecule has 0 amide bonds. The molecule has 1 aliphatic heterocycles. The van der Waals surface area contributed by atoms with Crippen molar-refractivity contribution < 1.29 is 18.3 Å². The van der Waals surface area contributed by atoms with Gasteiger partial charge >= 0.3 is 5.97 Å². The normalized spacial score (nSPS) is 24.1. The molecule has 0 aliphatic carbocycles. The van der Waals surface area contributed by atoms with Gasteiger partial charge in [0, 0.05) is 13.6 Å². The summed E-state index contributed by atoms with van der Waals surface area (Å²) in [6.45, 7) is 1.86. The number of sulfonamides is 1. The number of aryl methyl sites for hydroxylation is 1. The van der Waals surface area contributed by atoms with E-state index in [4.69, 9.17) is 0 Å². The van der Waals surface area contributed by atoms with E-state index >= 15 is 0 Å². The standard InChI is InChI=1S/C10H15BrN4O4S/c1-3-10(9(16)17)5-4-6-15(10)20(18,19)8-7(11)12-13-14(8)2/h3-6H2,1-2H3,(H,16,17). The summed E-state index contributed by atoms with van der Waals surface area (Å²) in [4.78, 5) is 11.6. The Bertz CT molecular complexity index is 624. The van der Waals surface area contributed by atoms with Crippen LogP contribution in [0.15, 0.2) is 9.63 Å². The minimum Gasteiger partial charge on any atom is -0.480 e. The summed E-state index contributed by atoms with van der Waals surface area (Å²) in [5.41, 5.74) is -1.39. The largest absolute Gasteiger partial charge is 0.480 e. The molecule has 10 heteroatoms. The van der Waals surface area contributed by atoms with Crippen LogP contribution >= 0.6 is 15.9 Å². The Morgan fingerprint density at radius 1 is 1.55 bits per heavy atom. The third kappa shape index (κ3) is 2.06. The second kappa shape index (κ2) is 5.08. The zero-order valence-electron chi connectivity index (χ0n) is 11.1. The zero-order valence-corrected chi connectivity index (χ0v) is 13.5. The van der Waals surface area contributed by atoms with Gasteiger partial charge in [0.05, 0.1) is 0 Å². The van der Waals surface area contributed by atoms with Gasteiger partial charge in [-0.3, -0.25) is 4.79 Å². The van der Waals surface area contributed by atoms with Crippen molar-refractivity contribution in [1.82, 2.24) is 19.3 Å². The Labute approximate surface area is 124 Å². The van der Waals surface area contributed by atoms with E-state index in [0.717, 1.165) is 8.99 Å². The molecule has 1 fully saturated rings. The van der Waals surface area contributed by atoms with E-state index < -0.39 is 21.5 Å². The molecule has 0 saturated carbocycles. The maximum Gasteiger partial charge on any atom is 0.325 e. The minimum atomic E-state index is -3.98. The lowest BCUT2D eigenvalue weighted by Crippen LogP contribution is -2.52. The van der Waals surface area contributed by atoms with E-state index in [2.05, 4.69) is 26.2 Å². The van der Waals surface area contributed by atoms with Crippen LogP contribution in [0.25, 0.3) is 0 Å². The van der Waals surface area contributed by atoms with Crippen LogP contribution in [-0.4, -0.2) is 50.9 Å². The van der Waals surface area contributed by atoms with Crippen LogP contribution in [-0.2, 0) is 21.9 Å². The van der Waals surface area contributed by atoms with E-state index in [1.807, 2.05) is 0 Å². The second-order valence-corrected chi connectivity index (χ2v) is 7.21. The van der Waals surface area contributed by atoms with Crippen LogP contribution in [0.2, 0.25) is 0 Å². The highest BCUT2D eigenvalue weighted by atomic mass is 79.9. The first kappa shape index (κ1) is 15.4. The molecule has 0 aromatic carbocycles. The highest BCUT2D eigenvalue weighted by Gasteiger charge is 2.53. The second-order valence-electron chi connectivity index (χ2n) is 4.68. The fraction of sp³-hybridized carbons (Fsp3) is 0.700. The molecule has 0 bridgehead atoms. The monoisotopic (exact) mass is 366 g/mol. The molecule has 0 spiro atoms. The van der Waals surface area contributed by atoms with Gasteiger partial charge in [0.15, 0.2) is 4.60 Å². The van der Waals surface area contributed by atoms with Gasteiger partial charge in [-0.1, -0.05) is 12.1 Å². The Balaban J connectivity index is 2.57. The van der Waals surface area contributed by atoms with Crippen molar-refractivity contribution in [3.05, 3.63) is 4.60 Å². The Morgan fingerprint density at radius 3 is 2.65 bits per heavy atom. The fourth-order valence-corrected chi connectivity index (χ4v) is 5.53. The van der Waals surface area contributed by atoms with Crippen molar-refractivity contribution in [2.75, 3.05) is 6.54 Å². The molecule has 112 valence electrons. The van der Waals surface area contributed by atoms with Gasteiger partial charge in [0.25, 0.3) is 10.0 Å². The first-order valence-corrected chi connectivity index (χ1v) is 8.32. The van der Waals surface area contributed by atoms with E-state index in [-0.39, 0.29) is 22.6 Å². The van der Waals surface area contributed by atoms with Crippen molar-refractivity contribution in [1.29, 1.82) is 0 Å². The zero-order chi connectivity index (χ0) is 15.1. The van der Waals surface area contributed by atoms with Gasteiger partial charge in [-0.05, 0) is 35.2 Å². The number of rotatable bonds is 4. The van der Waals surface area contributed by atoms with Gasteiger partial charge in [0.2, 0.25) is 5.03 Å². The van der Waals surface area contributed by atoms with E-state index in [1.54, 1.807) is 6.92 Å². The number of carboxylic acids is 1. The summed E-state index contributed by atoms with van der Waals surface area (Å²) < 4.78 is 27.8. The number of halogens is 1. The number of carbonyl (C=O) groups is 1. The molecule has 1 aromatic rings. The van der Waals surface area contributed by atoms with Gasteiger partial charge in [0.1, 0.15) is 5.54 Å². The lowest BCUT2D eigenvalue weighted by molar-refractivity contribution is -0.147. The van der Waals surface area contributed by atoms with E-state index in [9.17, 15) is 18.3 Å². The maximum atomic E-state index is 12.7. The van der Waals surface area contributed by atoms with Crippen LogP contribution in [0.3, 0.4) is 0 Å². The SMILES string of the molecule is CCC1(C(=O)O)CCCN1S(=O)(=O)c1c(Br)nnn1C. The predicted molar refractivity (Wildman–Crippen MR) is 72.5 cm³/mol. The van der Waals surface area contributed by atoms with Crippen LogP contribution in [0.5, 0.6) is 0 Å². The lowest BCUT2D eigenvalue weighted by Gasteiger charge is -2.32. The summed E-state index contributed by atoms with van der Waals surface area (Å²) in [5, 5.41) is 16.6. The number of nitrogens with zero attached hydrogens (tertiary/aromatic N) is 4. The molecule has 1 saturated heterocycles. The highest BCUT2D eigenvalue weighted by molar-refractivity contribution is 9.10. The first-order valence-electron chi connectivity index (χ1n) is 6.09. The van der Waals surface area contributed by atoms with Crippen molar-refractivity contribution in [2.24, 2.45) is 7.05 Å². The first-order chi connectivity index (χ1) is 9.27. The molecule has 2 rings (SSSR count). The summed E-state index contributed by atoms with van der Waals surface area (Å²) >= 11 is 3.05. The number of hydrogen-bond acceptors (Lipinski definition) is 5. The summed E-state index contributed by atoms with van der Waals surface area (Å²) in [6, 6.07) is 0. The van der Waals surface area contributed by atoms with Crippen LogP contribution in [0.4, 0.5) is 0 Å². The summed E-state index contributed by atoms with van der Waals surface area (Å²) in [7, 11) is -2.52. The molecular formula is C10H15BrN4O4S. The summed E-state index contributed by atoms with van der Waals surface area (Å²) in [6.07, 6.45) is 1.04. The molecule has 1 atom stereocenters. The molecule has 8 nitrogen and oxygen atoms in total. The quantitative estimate of drug-likeness (QED) is 0.835. The molecule has 2 heterocycles. The van der Waals surface area contributed by atoms with Gasteiger partial charge in [-0.15, -0.1) is 5.10 Å². The highest BCUT2D eigenvalue weighted by Crippen LogP contribution is 2.38. The predicted octanol–water partition coefficient (Wildman–Crippen LogP) is 0.596. The number of aromatic nitrogens is 3. The summed E-state index contributed by atoms with van der Waals surface area (Å²) in [5.74, 6) is -1.12. The Morgan fingerprint density at radius 2 is 2.20 bits per heavy atom. The Kier molecular flexibility index (Phi) is 3.91. The molecule has 1 N–H and O–H groups in total. The van der Waals surface area contributed by atoms with Crippen molar-refractivity contribution >= 4 is 31.9 Å². The fourth-order valence-electron chi connectivity index (χ4n) is 2.62. The average molecular weight is 367 g/mol. The van der Waals surface area contributed by atoms with Gasteiger partial charge in [-0.25, -0.2) is 13.1 Å². The van der Waals surface area contributed by atoms with Crippen LogP contribution < -0.4 is 0 Å². The van der Waals surface area contributed by atoms with E-state index in [0.29, 0.717) is 12.8 Å². The average Bonchev–Trinajstić information content (AvgIpc) is 2.94. The van der Waals surface area contributed by atoms with Crippen molar-refractivity contribution in [3.63, 3.8) is 0 Å². The molecule has 20 heavy (non-hydrogen) atoms. The molecular weight excluding hydrogens is 352 g/mol. The third-order valence-corrected chi connectivity index (χ3v) is 6.54. The molecule has 1 aromatic heterocycles. The maximum absolute atomic E-state index is 12.7. The Hall–Kier alpha value is -1.00.